The van der Waals surface area contributed by atoms with Crippen molar-refractivity contribution in [2.45, 2.75) is 400 Å². The van der Waals surface area contributed by atoms with Crippen molar-refractivity contribution in [3.05, 3.63) is 0 Å². The van der Waals surface area contributed by atoms with Gasteiger partial charge in [-0.25, -0.2) is 9.13 Å². The van der Waals surface area contributed by atoms with E-state index in [1.807, 2.05) is 0 Å². The summed E-state index contributed by atoms with van der Waals surface area (Å²) < 4.78 is 68.4. The summed E-state index contributed by atoms with van der Waals surface area (Å²) in [4.78, 5) is 72.7. The first-order valence-electron chi connectivity index (χ1n) is 38.5. The molecule has 0 saturated heterocycles. The van der Waals surface area contributed by atoms with E-state index < -0.39 is 97.5 Å². The quantitative estimate of drug-likeness (QED) is 0.0222. The summed E-state index contributed by atoms with van der Waals surface area (Å²) in [5.74, 6) is -0.613. The molecule has 5 atom stereocenters. The number of hydrogen-bond acceptors (Lipinski definition) is 15. The fourth-order valence-electron chi connectivity index (χ4n) is 11.3. The molecule has 0 aliphatic rings. The van der Waals surface area contributed by atoms with E-state index in [-0.39, 0.29) is 25.7 Å². The van der Waals surface area contributed by atoms with Crippen molar-refractivity contribution in [2.75, 3.05) is 39.6 Å². The SMILES string of the molecule is CCCCCCCCCCCCCCCCCC(=O)OC[C@H](COP(=O)(O)OC[C@@H](O)COP(=O)(O)OC[C@@H](COC(=O)CCCCCCCCCCCCC)OC(=O)CCCCCCCCCCC(C)C)OC(=O)CCCCCCCCCCCCCCCC(C)C. The minimum absolute atomic E-state index is 0.105. The Balaban J connectivity index is 5.25. The molecule has 0 aromatic rings. The molecule has 17 nitrogen and oxygen atoms in total. The van der Waals surface area contributed by atoms with E-state index in [1.54, 1.807) is 0 Å². The number of aliphatic hydroxyl groups excluding tert-OH is 1. The van der Waals surface area contributed by atoms with Crippen molar-refractivity contribution in [2.24, 2.45) is 11.8 Å². The van der Waals surface area contributed by atoms with Crippen LogP contribution in [0.5, 0.6) is 0 Å². The standard InChI is InChI=1S/C74H144O17P2/c1-7-9-11-13-15-17-19-20-21-24-28-32-39-45-51-57-72(77)85-62-69(90-73(78)58-52-46-40-33-29-25-22-23-27-30-36-42-48-54-66(3)4)64-88-92(80,81)86-60-68(75)61-87-93(82,83)89-65-70(91-74(79)59-53-47-41-35-34-37-43-49-55-67(5)6)63-84-71(76)56-50-44-38-31-26-18-16-14-12-10-8-2/h66-70,75H,7-65H2,1-6H3,(H,80,81)(H,82,83)/t68-,69-,70-/m1/s1. The van der Waals surface area contributed by atoms with Crippen molar-refractivity contribution in [1.82, 2.24) is 0 Å². The van der Waals surface area contributed by atoms with E-state index in [4.69, 9.17) is 37.0 Å². The Morgan fingerprint density at radius 1 is 0.290 bits per heavy atom. The third-order valence-electron chi connectivity index (χ3n) is 17.2. The molecule has 0 aromatic carbocycles. The molecule has 2 unspecified atom stereocenters. The topological polar surface area (TPSA) is 237 Å². The molecule has 0 aliphatic heterocycles. The number of carbonyl (C=O) groups is 4. The van der Waals surface area contributed by atoms with E-state index >= 15 is 0 Å². The number of unbranched alkanes of at least 4 members (excludes halogenated alkanes) is 43. The van der Waals surface area contributed by atoms with Crippen molar-refractivity contribution in [3.63, 3.8) is 0 Å². The van der Waals surface area contributed by atoms with E-state index in [0.717, 1.165) is 102 Å². The Kier molecular flexibility index (Phi) is 64.6. The molecular formula is C74H144O17P2. The zero-order chi connectivity index (χ0) is 68.6. The summed E-state index contributed by atoms with van der Waals surface area (Å²) in [5, 5.41) is 10.6. The number of aliphatic hydroxyl groups is 1. The van der Waals surface area contributed by atoms with E-state index in [1.165, 1.54) is 199 Å². The lowest BCUT2D eigenvalue weighted by atomic mass is 10.0. The number of phosphoric acid groups is 2. The van der Waals surface area contributed by atoms with Crippen LogP contribution in [0.15, 0.2) is 0 Å². The van der Waals surface area contributed by atoms with Crippen LogP contribution in [0.1, 0.15) is 382 Å². The maximum atomic E-state index is 13.1. The average Bonchev–Trinajstić information content (AvgIpc) is 2.57. The van der Waals surface area contributed by atoms with Gasteiger partial charge in [-0.3, -0.25) is 37.3 Å². The Morgan fingerprint density at radius 3 is 0.731 bits per heavy atom. The maximum Gasteiger partial charge on any atom is 0.472 e. The van der Waals surface area contributed by atoms with Gasteiger partial charge in [-0.15, -0.1) is 0 Å². The van der Waals surface area contributed by atoms with Crippen molar-refractivity contribution < 1.29 is 80.2 Å². The minimum Gasteiger partial charge on any atom is -0.462 e. The Hall–Kier alpha value is -1.94. The van der Waals surface area contributed by atoms with Gasteiger partial charge < -0.3 is 33.8 Å². The summed E-state index contributed by atoms with van der Waals surface area (Å²) in [5.41, 5.74) is 0. The third kappa shape index (κ3) is 68.4. The number of ether oxygens (including phenoxy) is 4. The number of carbonyl (C=O) groups excluding carboxylic acids is 4. The lowest BCUT2D eigenvalue weighted by molar-refractivity contribution is -0.161. The average molecular weight is 1370 g/mol. The second-order valence-electron chi connectivity index (χ2n) is 27.6. The molecule has 19 heteroatoms. The number of rotatable bonds is 73. The van der Waals surface area contributed by atoms with Gasteiger partial charge in [-0.05, 0) is 37.5 Å². The van der Waals surface area contributed by atoms with E-state index in [9.17, 15) is 43.2 Å². The monoisotopic (exact) mass is 1370 g/mol. The molecule has 3 N–H and O–H groups in total. The summed E-state index contributed by atoms with van der Waals surface area (Å²) in [6, 6.07) is 0. The van der Waals surface area contributed by atoms with Crippen molar-refractivity contribution in [3.8, 4) is 0 Å². The van der Waals surface area contributed by atoms with Crippen LogP contribution in [0.25, 0.3) is 0 Å². The van der Waals surface area contributed by atoms with E-state index in [0.29, 0.717) is 25.7 Å². The molecule has 0 bridgehead atoms. The molecule has 0 fully saturated rings. The highest BCUT2D eigenvalue weighted by Gasteiger charge is 2.30. The van der Waals surface area contributed by atoms with Crippen LogP contribution in [0.4, 0.5) is 0 Å². The van der Waals surface area contributed by atoms with E-state index in [2.05, 4.69) is 41.5 Å². The van der Waals surface area contributed by atoms with Crippen LogP contribution in [-0.2, 0) is 65.4 Å². The summed E-state index contributed by atoms with van der Waals surface area (Å²) >= 11 is 0. The molecule has 0 spiro atoms. The Bertz CT molecular complexity index is 1800. The van der Waals surface area contributed by atoms with Crippen molar-refractivity contribution in [1.29, 1.82) is 0 Å². The van der Waals surface area contributed by atoms with Crippen LogP contribution in [0.3, 0.4) is 0 Å². The van der Waals surface area contributed by atoms with Gasteiger partial charge in [0.25, 0.3) is 0 Å². The summed E-state index contributed by atoms with van der Waals surface area (Å²) in [6.45, 7) is 9.56. The van der Waals surface area contributed by atoms with Crippen molar-refractivity contribution >= 4 is 39.5 Å². The lowest BCUT2D eigenvalue weighted by Crippen LogP contribution is -2.30. The summed E-state index contributed by atoms with van der Waals surface area (Å²) in [6.07, 6.45) is 52.6. The minimum atomic E-state index is -4.96. The molecule has 0 rings (SSSR count). The first-order chi connectivity index (χ1) is 44.9. The maximum absolute atomic E-state index is 13.1. The second-order valence-corrected chi connectivity index (χ2v) is 30.5. The molecule has 0 radical (unpaired) electrons. The number of hydrogen-bond donors (Lipinski definition) is 3. The Morgan fingerprint density at radius 2 is 0.495 bits per heavy atom. The lowest BCUT2D eigenvalue weighted by Gasteiger charge is -2.21. The van der Waals surface area contributed by atoms with Gasteiger partial charge in [0.1, 0.15) is 19.3 Å². The van der Waals surface area contributed by atoms with Gasteiger partial charge in [0.05, 0.1) is 26.4 Å². The molecule has 0 aromatic heterocycles. The van der Waals surface area contributed by atoms with Gasteiger partial charge in [0, 0.05) is 25.7 Å². The first kappa shape index (κ1) is 91.1. The molecule has 0 amide bonds. The predicted molar refractivity (Wildman–Crippen MR) is 377 cm³/mol. The zero-order valence-corrected chi connectivity index (χ0v) is 62.3. The highest BCUT2D eigenvalue weighted by atomic mass is 31.2. The van der Waals surface area contributed by atoms with Crippen LogP contribution < -0.4 is 0 Å². The highest BCUT2D eigenvalue weighted by molar-refractivity contribution is 7.47. The second kappa shape index (κ2) is 66.0. The third-order valence-corrected chi connectivity index (χ3v) is 19.1. The van der Waals surface area contributed by atoms with Gasteiger partial charge in [0.2, 0.25) is 0 Å². The molecular weight excluding hydrogens is 1220 g/mol. The largest absolute Gasteiger partial charge is 0.472 e. The van der Waals surface area contributed by atoms with Crippen LogP contribution in [0.2, 0.25) is 0 Å². The molecule has 93 heavy (non-hydrogen) atoms. The predicted octanol–water partition coefficient (Wildman–Crippen LogP) is 21.6. The smallest absolute Gasteiger partial charge is 0.462 e. The van der Waals surface area contributed by atoms with Gasteiger partial charge in [0.15, 0.2) is 12.2 Å². The molecule has 0 saturated carbocycles. The van der Waals surface area contributed by atoms with Crippen LogP contribution >= 0.6 is 15.6 Å². The van der Waals surface area contributed by atoms with Gasteiger partial charge >= 0.3 is 39.5 Å². The van der Waals surface area contributed by atoms with Gasteiger partial charge in [-0.2, -0.15) is 0 Å². The van der Waals surface area contributed by atoms with Gasteiger partial charge in [-0.1, -0.05) is 330 Å². The highest BCUT2D eigenvalue weighted by Crippen LogP contribution is 2.45. The fourth-order valence-corrected chi connectivity index (χ4v) is 12.9. The normalized spacial score (nSPS) is 14.1. The molecule has 0 heterocycles. The summed E-state index contributed by atoms with van der Waals surface area (Å²) in [7, 11) is -9.91. The van der Waals surface area contributed by atoms with Crippen LogP contribution in [-0.4, -0.2) is 96.7 Å². The zero-order valence-electron chi connectivity index (χ0n) is 60.6. The number of esters is 4. The fraction of sp³-hybridized carbons (Fsp3) is 0.946. The first-order valence-corrected chi connectivity index (χ1v) is 41.5. The Labute approximate surface area is 568 Å². The molecule has 552 valence electrons. The van der Waals surface area contributed by atoms with Crippen LogP contribution in [0, 0.1) is 11.8 Å². The molecule has 0 aliphatic carbocycles. The number of phosphoric ester groups is 2.